The molecular weight excluding hydrogens is 206 g/mol. The van der Waals surface area contributed by atoms with Gasteiger partial charge in [0.1, 0.15) is 5.60 Å². The molecule has 6 heteroatoms. The van der Waals surface area contributed by atoms with E-state index in [-0.39, 0.29) is 5.60 Å². The minimum atomic E-state index is -0.266. The molecule has 0 aromatic carbocycles. The smallest absolute Gasteiger partial charge is 0.183 e. The van der Waals surface area contributed by atoms with Crippen LogP contribution in [0.1, 0.15) is 37.9 Å². The monoisotopic (exact) mass is 225 g/mol. The van der Waals surface area contributed by atoms with E-state index in [2.05, 4.69) is 15.5 Å². The molecule has 1 aromatic heterocycles. The number of hydrogen-bond donors (Lipinski definition) is 1. The van der Waals surface area contributed by atoms with Crippen molar-refractivity contribution < 1.29 is 4.74 Å². The van der Waals surface area contributed by atoms with Crippen molar-refractivity contribution >= 4 is 0 Å². The quantitative estimate of drug-likeness (QED) is 0.786. The summed E-state index contributed by atoms with van der Waals surface area (Å²) in [5.41, 5.74) is 5.24. The number of rotatable bonds is 5. The summed E-state index contributed by atoms with van der Waals surface area (Å²) >= 11 is 0. The second-order valence-corrected chi connectivity index (χ2v) is 4.27. The van der Waals surface area contributed by atoms with Crippen molar-refractivity contribution in [1.82, 2.24) is 20.2 Å². The van der Waals surface area contributed by atoms with Gasteiger partial charge in [0, 0.05) is 13.7 Å². The third-order valence-corrected chi connectivity index (χ3v) is 3.32. The lowest BCUT2D eigenvalue weighted by Gasteiger charge is -2.25. The Morgan fingerprint density at radius 1 is 1.44 bits per heavy atom. The SMILES string of the molecule is COC1(c2nnnn2CCCN)CCCC1. The van der Waals surface area contributed by atoms with E-state index in [9.17, 15) is 0 Å². The van der Waals surface area contributed by atoms with Gasteiger partial charge in [0.15, 0.2) is 5.82 Å². The maximum atomic E-state index is 5.67. The van der Waals surface area contributed by atoms with Crippen LogP contribution in [-0.4, -0.2) is 33.9 Å². The van der Waals surface area contributed by atoms with E-state index >= 15 is 0 Å². The van der Waals surface area contributed by atoms with E-state index in [1.165, 1.54) is 12.8 Å². The molecule has 2 rings (SSSR count). The topological polar surface area (TPSA) is 78.9 Å². The van der Waals surface area contributed by atoms with Crippen molar-refractivity contribution in [2.75, 3.05) is 13.7 Å². The summed E-state index contributed by atoms with van der Waals surface area (Å²) < 4.78 is 7.50. The van der Waals surface area contributed by atoms with Crippen molar-refractivity contribution in [2.24, 2.45) is 5.73 Å². The Kier molecular flexibility index (Phi) is 3.50. The highest BCUT2D eigenvalue weighted by molar-refractivity contribution is 5.03. The standard InChI is InChI=1S/C10H19N5O/c1-16-10(5-2-3-6-10)9-12-13-14-15(9)8-4-7-11/h2-8,11H2,1H3. The molecule has 0 spiro atoms. The van der Waals surface area contributed by atoms with Gasteiger partial charge in [-0.15, -0.1) is 5.10 Å². The molecule has 1 aliphatic rings. The maximum absolute atomic E-state index is 5.67. The van der Waals surface area contributed by atoms with Crippen molar-refractivity contribution in [3.8, 4) is 0 Å². The van der Waals surface area contributed by atoms with Crippen LogP contribution in [0.4, 0.5) is 0 Å². The van der Waals surface area contributed by atoms with E-state index in [1.54, 1.807) is 7.11 Å². The third kappa shape index (κ3) is 1.94. The normalized spacial score (nSPS) is 19.1. The van der Waals surface area contributed by atoms with E-state index in [1.807, 2.05) is 4.68 Å². The largest absolute Gasteiger partial charge is 0.370 e. The Bertz CT molecular complexity index is 332. The highest BCUT2D eigenvalue weighted by Gasteiger charge is 2.40. The van der Waals surface area contributed by atoms with Gasteiger partial charge in [0.2, 0.25) is 0 Å². The van der Waals surface area contributed by atoms with Crippen molar-refractivity contribution in [3.63, 3.8) is 0 Å². The summed E-state index contributed by atoms with van der Waals surface area (Å²) in [6.07, 6.45) is 5.26. The third-order valence-electron chi connectivity index (χ3n) is 3.32. The van der Waals surface area contributed by atoms with Crippen LogP contribution in [0.25, 0.3) is 0 Å². The van der Waals surface area contributed by atoms with Crippen LogP contribution in [-0.2, 0) is 16.9 Å². The summed E-state index contributed by atoms with van der Waals surface area (Å²) in [5.74, 6) is 0.862. The molecule has 0 atom stereocenters. The Labute approximate surface area is 95.1 Å². The molecule has 0 bridgehead atoms. The number of aromatic nitrogens is 4. The first-order valence-corrected chi connectivity index (χ1v) is 5.84. The van der Waals surface area contributed by atoms with E-state index in [4.69, 9.17) is 10.5 Å². The molecule has 0 saturated heterocycles. The molecular formula is C10H19N5O. The fraction of sp³-hybridized carbons (Fsp3) is 0.900. The minimum Gasteiger partial charge on any atom is -0.370 e. The van der Waals surface area contributed by atoms with E-state index in [0.717, 1.165) is 31.6 Å². The van der Waals surface area contributed by atoms with E-state index < -0.39 is 0 Å². The van der Waals surface area contributed by atoms with Gasteiger partial charge >= 0.3 is 0 Å². The second kappa shape index (κ2) is 4.88. The van der Waals surface area contributed by atoms with Gasteiger partial charge in [-0.25, -0.2) is 4.68 Å². The van der Waals surface area contributed by atoms with Crippen LogP contribution in [0, 0.1) is 0 Å². The van der Waals surface area contributed by atoms with Crippen LogP contribution in [0.3, 0.4) is 0 Å². The molecule has 1 aliphatic carbocycles. The molecule has 6 nitrogen and oxygen atoms in total. The number of methoxy groups -OCH3 is 1. The number of ether oxygens (including phenoxy) is 1. The first-order chi connectivity index (χ1) is 7.82. The maximum Gasteiger partial charge on any atom is 0.183 e. The van der Waals surface area contributed by atoms with Gasteiger partial charge in [-0.1, -0.05) is 0 Å². The lowest BCUT2D eigenvalue weighted by atomic mass is 10.0. The number of nitrogens with zero attached hydrogens (tertiary/aromatic N) is 4. The van der Waals surface area contributed by atoms with Crippen molar-refractivity contribution in [2.45, 2.75) is 44.2 Å². The highest BCUT2D eigenvalue weighted by atomic mass is 16.5. The Morgan fingerprint density at radius 2 is 2.19 bits per heavy atom. The fourth-order valence-electron chi connectivity index (χ4n) is 2.39. The van der Waals surface area contributed by atoms with Crippen LogP contribution in [0.2, 0.25) is 0 Å². The predicted octanol–water partition coefficient (Wildman–Crippen LogP) is 0.438. The summed E-state index contributed by atoms with van der Waals surface area (Å²) in [7, 11) is 1.74. The minimum absolute atomic E-state index is 0.266. The zero-order chi connectivity index (χ0) is 11.4. The Hall–Kier alpha value is -1.01. The molecule has 0 aliphatic heterocycles. The molecule has 1 heterocycles. The first kappa shape index (κ1) is 11.5. The van der Waals surface area contributed by atoms with Crippen LogP contribution < -0.4 is 5.73 Å². The average molecular weight is 225 g/mol. The van der Waals surface area contributed by atoms with Gasteiger partial charge in [0.25, 0.3) is 0 Å². The molecule has 0 unspecified atom stereocenters. The Morgan fingerprint density at radius 3 is 2.81 bits per heavy atom. The Balaban J connectivity index is 2.21. The van der Waals surface area contributed by atoms with Crippen molar-refractivity contribution in [3.05, 3.63) is 5.82 Å². The molecule has 90 valence electrons. The van der Waals surface area contributed by atoms with Crippen molar-refractivity contribution in [1.29, 1.82) is 0 Å². The molecule has 16 heavy (non-hydrogen) atoms. The summed E-state index contributed by atoms with van der Waals surface area (Å²) in [4.78, 5) is 0. The fourth-order valence-corrected chi connectivity index (χ4v) is 2.39. The first-order valence-electron chi connectivity index (χ1n) is 5.84. The molecule has 1 fully saturated rings. The van der Waals surface area contributed by atoms with Crippen LogP contribution in [0.15, 0.2) is 0 Å². The van der Waals surface area contributed by atoms with Crippen LogP contribution in [0.5, 0.6) is 0 Å². The highest BCUT2D eigenvalue weighted by Crippen LogP contribution is 2.40. The van der Waals surface area contributed by atoms with Gasteiger partial charge in [-0.3, -0.25) is 0 Å². The lowest BCUT2D eigenvalue weighted by Crippen LogP contribution is -2.29. The summed E-state index contributed by atoms with van der Waals surface area (Å²) in [6.45, 7) is 1.42. The predicted molar refractivity (Wildman–Crippen MR) is 58.6 cm³/mol. The zero-order valence-electron chi connectivity index (χ0n) is 9.72. The number of tetrazole rings is 1. The summed E-state index contributed by atoms with van der Waals surface area (Å²) in [5, 5.41) is 11.9. The lowest BCUT2D eigenvalue weighted by molar-refractivity contribution is -0.0200. The van der Waals surface area contributed by atoms with Gasteiger partial charge in [-0.05, 0) is 49.1 Å². The van der Waals surface area contributed by atoms with E-state index in [0.29, 0.717) is 6.54 Å². The second-order valence-electron chi connectivity index (χ2n) is 4.27. The summed E-state index contributed by atoms with van der Waals surface area (Å²) in [6, 6.07) is 0. The molecule has 0 radical (unpaired) electrons. The molecule has 2 N–H and O–H groups in total. The van der Waals surface area contributed by atoms with Gasteiger partial charge in [0.05, 0.1) is 0 Å². The van der Waals surface area contributed by atoms with Crippen LogP contribution >= 0.6 is 0 Å². The number of aryl methyl sites for hydroxylation is 1. The number of nitrogens with two attached hydrogens (primary N) is 1. The van der Waals surface area contributed by atoms with Gasteiger partial charge < -0.3 is 10.5 Å². The zero-order valence-corrected chi connectivity index (χ0v) is 9.72. The molecule has 1 saturated carbocycles. The molecule has 1 aromatic rings. The number of hydrogen-bond acceptors (Lipinski definition) is 5. The average Bonchev–Trinajstić information content (AvgIpc) is 2.95. The molecule has 0 amide bonds. The van der Waals surface area contributed by atoms with Gasteiger partial charge in [-0.2, -0.15) is 0 Å².